The second-order valence-corrected chi connectivity index (χ2v) is 7.05. The van der Waals surface area contributed by atoms with Gasteiger partial charge in [0.1, 0.15) is 0 Å². The minimum Gasteiger partial charge on any atom is -0.378 e. The summed E-state index contributed by atoms with van der Waals surface area (Å²) in [6, 6.07) is 11.8. The molecular weight excluding hydrogens is 308 g/mol. The number of sulfonamides is 1. The minimum absolute atomic E-state index is 0.148. The zero-order valence-corrected chi connectivity index (χ0v) is 13.7. The molecule has 1 N–H and O–H groups in total. The van der Waals surface area contributed by atoms with E-state index < -0.39 is 10.0 Å². The highest BCUT2D eigenvalue weighted by molar-refractivity contribution is 7.92. The van der Waals surface area contributed by atoms with Crippen molar-refractivity contribution in [1.29, 1.82) is 0 Å². The first-order chi connectivity index (χ1) is 9.79. The van der Waals surface area contributed by atoms with E-state index in [4.69, 9.17) is 11.6 Å². The quantitative estimate of drug-likeness (QED) is 0.936. The van der Waals surface area contributed by atoms with E-state index in [1.807, 2.05) is 38.1 Å². The molecule has 0 amide bonds. The fourth-order valence-corrected chi connectivity index (χ4v) is 3.11. The number of nitrogens with one attached hydrogen (secondary N) is 1. The SMILES string of the molecule is Cc1ccc(S(=O)(=O)Nc2ccc(N(C)C)cc2)cc1Cl. The molecule has 0 atom stereocenters. The molecule has 112 valence electrons. The van der Waals surface area contributed by atoms with Crippen LogP contribution in [-0.2, 0) is 10.0 Å². The normalized spacial score (nSPS) is 11.2. The van der Waals surface area contributed by atoms with Crippen molar-refractivity contribution in [2.75, 3.05) is 23.7 Å². The Hall–Kier alpha value is -1.72. The second-order valence-electron chi connectivity index (χ2n) is 4.96. The molecule has 0 radical (unpaired) electrons. The van der Waals surface area contributed by atoms with Crippen LogP contribution in [0.4, 0.5) is 11.4 Å². The van der Waals surface area contributed by atoms with E-state index in [1.165, 1.54) is 12.1 Å². The van der Waals surface area contributed by atoms with Crippen molar-refractivity contribution in [1.82, 2.24) is 0 Å². The average molecular weight is 325 g/mol. The number of hydrogen-bond donors (Lipinski definition) is 1. The van der Waals surface area contributed by atoms with E-state index in [1.54, 1.807) is 18.2 Å². The topological polar surface area (TPSA) is 49.4 Å². The van der Waals surface area contributed by atoms with Gasteiger partial charge in [-0.3, -0.25) is 4.72 Å². The van der Waals surface area contributed by atoms with E-state index in [9.17, 15) is 8.42 Å². The predicted molar refractivity (Wildman–Crippen MR) is 87.8 cm³/mol. The number of benzene rings is 2. The molecule has 0 heterocycles. The molecule has 4 nitrogen and oxygen atoms in total. The third-order valence-electron chi connectivity index (χ3n) is 3.09. The summed E-state index contributed by atoms with van der Waals surface area (Å²) >= 11 is 5.98. The maximum atomic E-state index is 12.3. The van der Waals surface area contributed by atoms with Crippen molar-refractivity contribution < 1.29 is 8.42 Å². The second kappa shape index (κ2) is 5.95. The molecule has 0 saturated carbocycles. The number of aryl methyl sites for hydroxylation is 1. The van der Waals surface area contributed by atoms with Crippen molar-refractivity contribution in [3.05, 3.63) is 53.1 Å². The summed E-state index contributed by atoms with van der Waals surface area (Å²) in [5.41, 5.74) is 2.35. The number of hydrogen-bond acceptors (Lipinski definition) is 3. The Morgan fingerprint density at radius 2 is 1.67 bits per heavy atom. The monoisotopic (exact) mass is 324 g/mol. The first-order valence-corrected chi connectivity index (χ1v) is 8.22. The third-order valence-corrected chi connectivity index (χ3v) is 4.88. The van der Waals surface area contributed by atoms with E-state index in [0.29, 0.717) is 10.7 Å². The van der Waals surface area contributed by atoms with Crippen LogP contribution in [0.1, 0.15) is 5.56 Å². The highest BCUT2D eigenvalue weighted by Crippen LogP contribution is 2.23. The van der Waals surface area contributed by atoms with E-state index in [2.05, 4.69) is 4.72 Å². The van der Waals surface area contributed by atoms with Gasteiger partial charge in [-0.15, -0.1) is 0 Å². The lowest BCUT2D eigenvalue weighted by Gasteiger charge is -2.13. The van der Waals surface area contributed by atoms with E-state index in [-0.39, 0.29) is 4.90 Å². The van der Waals surface area contributed by atoms with Crippen LogP contribution in [0.3, 0.4) is 0 Å². The first-order valence-electron chi connectivity index (χ1n) is 6.36. The standard InChI is InChI=1S/C15H17ClN2O2S/c1-11-4-9-14(10-15(11)16)21(19,20)17-12-5-7-13(8-6-12)18(2)3/h4-10,17H,1-3H3. The molecule has 0 aliphatic heterocycles. The highest BCUT2D eigenvalue weighted by atomic mass is 35.5. The fourth-order valence-electron chi connectivity index (χ4n) is 1.78. The summed E-state index contributed by atoms with van der Waals surface area (Å²) in [7, 11) is 0.214. The molecule has 6 heteroatoms. The largest absolute Gasteiger partial charge is 0.378 e. The van der Waals surface area contributed by atoms with Gasteiger partial charge in [0.25, 0.3) is 10.0 Å². The molecule has 2 aromatic carbocycles. The van der Waals surface area contributed by atoms with Gasteiger partial charge in [-0.1, -0.05) is 17.7 Å². The van der Waals surface area contributed by atoms with Crippen LogP contribution in [0.2, 0.25) is 5.02 Å². The van der Waals surface area contributed by atoms with Gasteiger partial charge in [-0.05, 0) is 48.9 Å². The number of halogens is 1. The Labute approximate surface area is 130 Å². The number of nitrogens with zero attached hydrogens (tertiary/aromatic N) is 1. The smallest absolute Gasteiger partial charge is 0.261 e. The maximum absolute atomic E-state index is 12.3. The number of anilines is 2. The predicted octanol–water partition coefficient (Wildman–Crippen LogP) is 3.52. The average Bonchev–Trinajstić information content (AvgIpc) is 2.42. The van der Waals surface area contributed by atoms with Gasteiger partial charge in [-0.2, -0.15) is 0 Å². The molecular formula is C15H17ClN2O2S. The van der Waals surface area contributed by atoms with Gasteiger partial charge in [0.05, 0.1) is 4.90 Å². The van der Waals surface area contributed by atoms with E-state index >= 15 is 0 Å². The van der Waals surface area contributed by atoms with Crippen LogP contribution in [0.15, 0.2) is 47.4 Å². The van der Waals surface area contributed by atoms with Crippen LogP contribution in [-0.4, -0.2) is 22.5 Å². The summed E-state index contributed by atoms with van der Waals surface area (Å²) < 4.78 is 27.1. The lowest BCUT2D eigenvalue weighted by molar-refractivity contribution is 0.601. The Morgan fingerprint density at radius 1 is 1.05 bits per heavy atom. The Bertz CT molecular complexity index is 741. The highest BCUT2D eigenvalue weighted by Gasteiger charge is 2.15. The van der Waals surface area contributed by atoms with Gasteiger partial charge in [0.2, 0.25) is 0 Å². The molecule has 0 unspecified atom stereocenters. The van der Waals surface area contributed by atoms with Crippen molar-refractivity contribution in [2.24, 2.45) is 0 Å². The zero-order valence-electron chi connectivity index (χ0n) is 12.1. The van der Waals surface area contributed by atoms with Gasteiger partial charge in [0, 0.05) is 30.5 Å². The molecule has 2 rings (SSSR count). The molecule has 0 saturated heterocycles. The summed E-state index contributed by atoms with van der Waals surface area (Å²) in [6.07, 6.45) is 0. The molecule has 0 aliphatic carbocycles. The van der Waals surface area contributed by atoms with Crippen LogP contribution in [0, 0.1) is 6.92 Å². The lowest BCUT2D eigenvalue weighted by atomic mass is 10.2. The van der Waals surface area contributed by atoms with Gasteiger partial charge < -0.3 is 4.90 Å². The zero-order chi connectivity index (χ0) is 15.6. The Morgan fingerprint density at radius 3 is 2.19 bits per heavy atom. The first kappa shape index (κ1) is 15.7. The molecule has 21 heavy (non-hydrogen) atoms. The molecule has 0 bridgehead atoms. The van der Waals surface area contributed by atoms with Gasteiger partial charge >= 0.3 is 0 Å². The molecule has 0 aliphatic rings. The summed E-state index contributed by atoms with van der Waals surface area (Å²) in [6.45, 7) is 1.83. The van der Waals surface area contributed by atoms with E-state index in [0.717, 1.165) is 11.3 Å². The number of rotatable bonds is 4. The maximum Gasteiger partial charge on any atom is 0.261 e. The lowest BCUT2D eigenvalue weighted by Crippen LogP contribution is -2.13. The molecule has 0 fully saturated rings. The molecule has 2 aromatic rings. The Kier molecular flexibility index (Phi) is 4.44. The Balaban J connectivity index is 2.26. The van der Waals surface area contributed by atoms with Gasteiger partial charge in [-0.25, -0.2) is 8.42 Å². The van der Waals surface area contributed by atoms with Crippen LogP contribution >= 0.6 is 11.6 Å². The van der Waals surface area contributed by atoms with Crippen molar-refractivity contribution in [2.45, 2.75) is 11.8 Å². The third kappa shape index (κ3) is 3.68. The molecule has 0 aromatic heterocycles. The van der Waals surface area contributed by atoms with Gasteiger partial charge in [0.15, 0.2) is 0 Å². The fraction of sp³-hybridized carbons (Fsp3) is 0.200. The summed E-state index contributed by atoms with van der Waals surface area (Å²) in [4.78, 5) is 2.09. The minimum atomic E-state index is -3.63. The summed E-state index contributed by atoms with van der Waals surface area (Å²) in [5, 5.41) is 0.431. The van der Waals surface area contributed by atoms with Crippen molar-refractivity contribution in [3.8, 4) is 0 Å². The van der Waals surface area contributed by atoms with Crippen molar-refractivity contribution in [3.63, 3.8) is 0 Å². The van der Waals surface area contributed by atoms with Crippen LogP contribution in [0.25, 0.3) is 0 Å². The van der Waals surface area contributed by atoms with Crippen LogP contribution in [0.5, 0.6) is 0 Å². The molecule has 0 spiro atoms. The van der Waals surface area contributed by atoms with Crippen molar-refractivity contribution >= 4 is 33.0 Å². The summed E-state index contributed by atoms with van der Waals surface area (Å²) in [5.74, 6) is 0. The van der Waals surface area contributed by atoms with Crippen LogP contribution < -0.4 is 9.62 Å².